The smallest absolute Gasteiger partial charge is 0.146 e. The third kappa shape index (κ3) is 7.73. The number of nitrogens with zero attached hydrogens (tertiary/aromatic N) is 6. The highest BCUT2D eigenvalue weighted by Gasteiger charge is 2.25. The lowest BCUT2D eigenvalue weighted by Crippen LogP contribution is -2.29. The minimum Gasteiger partial charge on any atom is -0.489 e. The van der Waals surface area contributed by atoms with Crippen LogP contribution in [0.25, 0.3) is 22.1 Å². The summed E-state index contributed by atoms with van der Waals surface area (Å²) in [7, 11) is 0. The zero-order valence-corrected chi connectivity index (χ0v) is 30.5. The average molecular weight is 730 g/mol. The summed E-state index contributed by atoms with van der Waals surface area (Å²) in [5.74, 6) is 0.811. The number of H-pyrrole nitrogens is 2. The molecule has 0 bridgehead atoms. The van der Waals surface area contributed by atoms with E-state index in [9.17, 15) is 4.39 Å². The maximum atomic E-state index is 13.8. The minimum atomic E-state index is -0.338. The first-order valence-electron chi connectivity index (χ1n) is 18.0. The van der Waals surface area contributed by atoms with E-state index in [0.717, 1.165) is 74.2 Å². The molecule has 2 aliphatic rings. The van der Waals surface area contributed by atoms with Gasteiger partial charge in [-0.2, -0.15) is 0 Å². The Morgan fingerprint density at radius 2 is 1.32 bits per heavy atom. The van der Waals surface area contributed by atoms with Crippen molar-refractivity contribution in [1.82, 2.24) is 39.7 Å². The van der Waals surface area contributed by atoms with Crippen molar-refractivity contribution in [2.45, 2.75) is 59.0 Å². The van der Waals surface area contributed by atoms with Gasteiger partial charge in [0.25, 0.3) is 0 Å². The Morgan fingerprint density at radius 3 is 1.92 bits per heavy atom. The van der Waals surface area contributed by atoms with Crippen LogP contribution in [-0.4, -0.2) is 58.9 Å². The number of hydrogen-bond donors (Lipinski definition) is 3. The fraction of sp³-hybridized carbons (Fsp3) is 0.268. The van der Waals surface area contributed by atoms with Crippen LogP contribution >= 0.6 is 11.6 Å². The van der Waals surface area contributed by atoms with Crippen molar-refractivity contribution in [3.05, 3.63) is 136 Å². The van der Waals surface area contributed by atoms with E-state index >= 15 is 0 Å². The zero-order chi connectivity index (χ0) is 36.3. The van der Waals surface area contributed by atoms with Gasteiger partial charge < -0.3 is 20.0 Å². The van der Waals surface area contributed by atoms with Crippen LogP contribution in [0.15, 0.2) is 91.5 Å². The molecular weight excluding hydrogens is 689 g/mol. The third-order valence-electron chi connectivity index (χ3n) is 9.70. The van der Waals surface area contributed by atoms with Gasteiger partial charge in [0.2, 0.25) is 0 Å². The van der Waals surface area contributed by atoms with Gasteiger partial charge >= 0.3 is 0 Å². The Balaban J connectivity index is 0.000000164. The molecule has 7 aromatic rings. The second-order valence-electron chi connectivity index (χ2n) is 13.8. The van der Waals surface area contributed by atoms with Gasteiger partial charge in [-0.05, 0) is 42.7 Å². The summed E-state index contributed by atoms with van der Waals surface area (Å²) in [5, 5.41) is 5.86. The molecule has 3 N–H and O–H groups in total. The SMILES string of the molecule is CC(C)Oc1cc(F)ccc1Nc1ncnc2[nH]c3c(c12)CN(Cc1ccccc1)CC3.Clc1ncnc2[nH]c3c(c12)CN(Cc1ccccc1)CC3. The summed E-state index contributed by atoms with van der Waals surface area (Å²) < 4.78 is 19.7. The van der Waals surface area contributed by atoms with E-state index in [1.54, 1.807) is 12.4 Å². The molecule has 3 aromatic carbocycles. The van der Waals surface area contributed by atoms with Gasteiger partial charge in [-0.3, -0.25) is 9.80 Å². The number of benzene rings is 3. The molecular formula is C41H41ClFN9O. The molecule has 0 radical (unpaired) electrons. The molecule has 6 heterocycles. The van der Waals surface area contributed by atoms with Crippen LogP contribution in [0.5, 0.6) is 5.75 Å². The molecule has 0 spiro atoms. The highest BCUT2D eigenvalue weighted by atomic mass is 35.5. The van der Waals surface area contributed by atoms with E-state index in [2.05, 4.69) is 99.6 Å². The standard InChI is InChI=1S/C25H26FN5O.C16H15ClN4/c1-16(2)32-22-12-18(26)8-9-21(22)30-25-23-19-14-31(13-17-6-4-3-5-7-17)11-10-20(19)29-24(23)27-15-28-25;17-15-14-12-9-21(8-11-4-2-1-3-5-11)7-6-13(12)20-16(14)19-10-18-15/h3-9,12,15-16H,10-11,13-14H2,1-2H3,(H2,27,28,29,30);1-5,10H,6-9H2,(H,18,19,20). The maximum absolute atomic E-state index is 13.8. The summed E-state index contributed by atoms with van der Waals surface area (Å²) in [4.78, 5) is 29.1. The molecule has 53 heavy (non-hydrogen) atoms. The third-order valence-corrected chi connectivity index (χ3v) is 9.98. The molecule has 0 saturated heterocycles. The molecule has 9 rings (SSSR count). The van der Waals surface area contributed by atoms with Gasteiger partial charge in [-0.15, -0.1) is 0 Å². The molecule has 10 nitrogen and oxygen atoms in total. The number of nitrogens with one attached hydrogen (secondary N) is 3. The lowest BCUT2D eigenvalue weighted by molar-refractivity contribution is 0.243. The number of ether oxygens (including phenoxy) is 1. The summed E-state index contributed by atoms with van der Waals surface area (Å²) in [6.45, 7) is 9.41. The normalized spacial score (nSPS) is 14.5. The van der Waals surface area contributed by atoms with Crippen LogP contribution in [0.2, 0.25) is 5.15 Å². The number of aromatic amines is 2. The first-order chi connectivity index (χ1) is 25.9. The van der Waals surface area contributed by atoms with E-state index < -0.39 is 0 Å². The number of fused-ring (bicyclic) bond motifs is 6. The van der Waals surface area contributed by atoms with E-state index in [1.165, 1.54) is 52.1 Å². The van der Waals surface area contributed by atoms with Crippen molar-refractivity contribution in [3.8, 4) is 5.75 Å². The quantitative estimate of drug-likeness (QED) is 0.134. The Bertz CT molecular complexity index is 2350. The Labute approximate surface area is 312 Å². The molecule has 0 fully saturated rings. The molecule has 12 heteroatoms. The second-order valence-corrected chi connectivity index (χ2v) is 14.2. The first kappa shape index (κ1) is 34.7. The maximum Gasteiger partial charge on any atom is 0.146 e. The van der Waals surface area contributed by atoms with Crippen LogP contribution in [0, 0.1) is 5.82 Å². The molecule has 0 amide bonds. The topological polar surface area (TPSA) is 111 Å². The highest BCUT2D eigenvalue weighted by Crippen LogP contribution is 2.36. The van der Waals surface area contributed by atoms with Crippen LogP contribution in [0.3, 0.4) is 0 Å². The van der Waals surface area contributed by atoms with Crippen LogP contribution in [0.1, 0.15) is 47.5 Å². The number of anilines is 2. The number of hydrogen-bond acceptors (Lipinski definition) is 8. The molecule has 0 atom stereocenters. The van der Waals surface area contributed by atoms with Crippen molar-refractivity contribution in [3.63, 3.8) is 0 Å². The number of halogens is 2. The van der Waals surface area contributed by atoms with Crippen molar-refractivity contribution in [1.29, 1.82) is 0 Å². The van der Waals surface area contributed by atoms with E-state index in [0.29, 0.717) is 22.4 Å². The van der Waals surface area contributed by atoms with Crippen molar-refractivity contribution < 1.29 is 9.13 Å². The monoisotopic (exact) mass is 729 g/mol. The minimum absolute atomic E-state index is 0.0747. The van der Waals surface area contributed by atoms with E-state index in [1.807, 2.05) is 19.9 Å². The Kier molecular flexibility index (Phi) is 10.0. The average Bonchev–Trinajstić information content (AvgIpc) is 3.73. The summed E-state index contributed by atoms with van der Waals surface area (Å²) in [6, 6.07) is 25.6. The summed E-state index contributed by atoms with van der Waals surface area (Å²) in [5.41, 5.74) is 9.87. The lowest BCUT2D eigenvalue weighted by Gasteiger charge is -2.27. The zero-order valence-electron chi connectivity index (χ0n) is 29.7. The fourth-order valence-electron chi connectivity index (χ4n) is 7.28. The number of rotatable bonds is 8. The highest BCUT2D eigenvalue weighted by molar-refractivity contribution is 6.34. The fourth-order valence-corrected chi connectivity index (χ4v) is 7.53. The molecule has 2 aliphatic heterocycles. The van der Waals surface area contributed by atoms with Crippen molar-refractivity contribution in [2.24, 2.45) is 0 Å². The molecule has 4 aromatic heterocycles. The van der Waals surface area contributed by atoms with E-state index in [4.69, 9.17) is 16.3 Å². The molecule has 270 valence electrons. The van der Waals surface area contributed by atoms with Crippen LogP contribution in [0.4, 0.5) is 15.9 Å². The van der Waals surface area contributed by atoms with Crippen molar-refractivity contribution in [2.75, 3.05) is 18.4 Å². The predicted molar refractivity (Wildman–Crippen MR) is 207 cm³/mol. The summed E-state index contributed by atoms with van der Waals surface area (Å²) >= 11 is 6.25. The summed E-state index contributed by atoms with van der Waals surface area (Å²) in [6.07, 6.45) is 4.90. The Hall–Kier alpha value is -5.36. The first-order valence-corrected chi connectivity index (χ1v) is 18.4. The van der Waals surface area contributed by atoms with Gasteiger partial charge in [0.05, 0.1) is 22.6 Å². The number of aromatic nitrogens is 6. The van der Waals surface area contributed by atoms with Gasteiger partial charge in [-0.25, -0.2) is 24.3 Å². The van der Waals surface area contributed by atoms with Gasteiger partial charge in [-0.1, -0.05) is 72.3 Å². The molecule has 0 saturated carbocycles. The Morgan fingerprint density at radius 1 is 0.755 bits per heavy atom. The van der Waals surface area contributed by atoms with Gasteiger partial charge in [0.1, 0.15) is 46.5 Å². The largest absolute Gasteiger partial charge is 0.489 e. The van der Waals surface area contributed by atoms with Crippen LogP contribution in [-0.2, 0) is 39.0 Å². The van der Waals surface area contributed by atoms with Gasteiger partial charge in [0.15, 0.2) is 0 Å². The second kappa shape index (κ2) is 15.3. The van der Waals surface area contributed by atoms with Crippen molar-refractivity contribution >= 4 is 45.2 Å². The molecule has 0 unspecified atom stereocenters. The lowest BCUT2D eigenvalue weighted by atomic mass is 10.0. The molecule has 0 aliphatic carbocycles. The van der Waals surface area contributed by atoms with E-state index in [-0.39, 0.29) is 11.9 Å². The predicted octanol–water partition coefficient (Wildman–Crippen LogP) is 8.36. The van der Waals surface area contributed by atoms with Gasteiger partial charge in [0, 0.05) is 75.1 Å². The van der Waals surface area contributed by atoms with Crippen LogP contribution < -0.4 is 10.1 Å².